The summed E-state index contributed by atoms with van der Waals surface area (Å²) in [5.74, 6) is 0.494. The average Bonchev–Trinajstić information content (AvgIpc) is 2.19. The summed E-state index contributed by atoms with van der Waals surface area (Å²) in [6.07, 6.45) is 1.19. The van der Waals surface area contributed by atoms with E-state index in [2.05, 4.69) is 0 Å². The Labute approximate surface area is 83.1 Å². The Balaban J connectivity index is 2.88. The first-order chi connectivity index (χ1) is 6.79. The molecule has 1 heterocycles. The second-order valence-electron chi connectivity index (χ2n) is 2.54. The van der Waals surface area contributed by atoms with E-state index in [1.807, 2.05) is 6.92 Å². The Morgan fingerprint density at radius 3 is 2.79 bits per heavy atom. The zero-order valence-electron chi connectivity index (χ0n) is 8.40. The van der Waals surface area contributed by atoms with E-state index in [-0.39, 0.29) is 0 Å². The molecule has 0 bridgehead atoms. The lowest BCUT2D eigenvalue weighted by molar-refractivity contribution is -0.593. The first-order valence-electron chi connectivity index (χ1n) is 4.60. The maximum atomic E-state index is 11.4. The van der Waals surface area contributed by atoms with Crippen LogP contribution in [0.3, 0.4) is 0 Å². The van der Waals surface area contributed by atoms with E-state index in [0.29, 0.717) is 19.1 Å². The number of aromatic nitrogens is 1. The van der Waals surface area contributed by atoms with Gasteiger partial charge in [-0.1, -0.05) is 4.57 Å². The van der Waals surface area contributed by atoms with Crippen molar-refractivity contribution in [2.24, 2.45) is 0 Å². The first-order valence-corrected chi connectivity index (χ1v) is 4.60. The lowest BCUT2D eigenvalue weighted by Gasteiger charge is -2.00. The smallest absolute Gasteiger partial charge is 0.444 e. The van der Waals surface area contributed by atoms with Crippen LogP contribution in [0, 0.1) is 0 Å². The van der Waals surface area contributed by atoms with Crippen LogP contribution in [0.25, 0.3) is 0 Å². The summed E-state index contributed by atoms with van der Waals surface area (Å²) in [4.78, 5) is 11.4. The number of ether oxygens (including phenoxy) is 2. The number of carbonyl (C=O) groups is 1. The van der Waals surface area contributed by atoms with Crippen molar-refractivity contribution in [3.63, 3.8) is 0 Å². The van der Waals surface area contributed by atoms with Crippen molar-refractivity contribution in [1.82, 2.24) is 0 Å². The minimum Gasteiger partial charge on any atom is -0.444 e. The molecule has 0 aliphatic carbocycles. The van der Waals surface area contributed by atoms with E-state index < -0.39 is 6.09 Å². The van der Waals surface area contributed by atoms with E-state index in [1.54, 1.807) is 31.3 Å². The van der Waals surface area contributed by atoms with Crippen LogP contribution in [0.1, 0.15) is 13.8 Å². The summed E-state index contributed by atoms with van der Waals surface area (Å²) in [7, 11) is 0. The lowest BCUT2D eigenvalue weighted by Crippen LogP contribution is -2.44. The van der Waals surface area contributed by atoms with Crippen LogP contribution in [-0.4, -0.2) is 19.3 Å². The molecule has 0 aliphatic rings. The topological polar surface area (TPSA) is 39.4 Å². The largest absolute Gasteiger partial charge is 0.605 e. The number of nitrogens with zero attached hydrogens (tertiary/aromatic N) is 1. The van der Waals surface area contributed by atoms with Crippen LogP contribution in [-0.2, 0) is 4.74 Å². The minimum absolute atomic E-state index is 0.353. The molecule has 0 aliphatic heterocycles. The lowest BCUT2D eigenvalue weighted by atomic mass is 10.5. The molecule has 1 aromatic heterocycles. The van der Waals surface area contributed by atoms with Crippen molar-refractivity contribution in [1.29, 1.82) is 0 Å². The van der Waals surface area contributed by atoms with E-state index >= 15 is 0 Å². The van der Waals surface area contributed by atoms with Gasteiger partial charge in [0.15, 0.2) is 6.20 Å². The molecule has 0 radical (unpaired) electrons. The van der Waals surface area contributed by atoms with Crippen molar-refractivity contribution < 1.29 is 18.8 Å². The van der Waals surface area contributed by atoms with E-state index in [1.165, 1.54) is 4.57 Å². The Morgan fingerprint density at radius 1 is 1.36 bits per heavy atom. The first kappa shape index (κ1) is 10.5. The van der Waals surface area contributed by atoms with Gasteiger partial charge in [-0.05, 0) is 19.9 Å². The summed E-state index contributed by atoms with van der Waals surface area (Å²) in [5, 5.41) is 0. The van der Waals surface area contributed by atoms with E-state index in [9.17, 15) is 4.79 Å². The maximum absolute atomic E-state index is 11.4. The van der Waals surface area contributed by atoms with Gasteiger partial charge >= 0.3 is 12.0 Å². The molecular formula is C10H14NO3+. The highest BCUT2D eigenvalue weighted by molar-refractivity contribution is 5.57. The van der Waals surface area contributed by atoms with Gasteiger partial charge in [0.2, 0.25) is 0 Å². The quantitative estimate of drug-likeness (QED) is 0.685. The summed E-state index contributed by atoms with van der Waals surface area (Å²) in [6, 6.07) is 5.28. The Hall–Kier alpha value is -1.58. The van der Waals surface area contributed by atoms with Gasteiger partial charge < -0.3 is 9.47 Å². The van der Waals surface area contributed by atoms with Crippen LogP contribution in [0.15, 0.2) is 24.4 Å². The molecule has 4 nitrogen and oxygen atoms in total. The normalized spacial score (nSPS) is 9.57. The monoisotopic (exact) mass is 196 g/mol. The molecule has 0 unspecified atom stereocenters. The molecule has 0 aromatic carbocycles. The van der Waals surface area contributed by atoms with Gasteiger partial charge in [0.1, 0.15) is 0 Å². The third kappa shape index (κ3) is 2.45. The molecule has 0 atom stereocenters. The molecule has 0 saturated carbocycles. The third-order valence-electron chi connectivity index (χ3n) is 1.58. The number of carbonyl (C=O) groups excluding carboxylic acids is 1. The van der Waals surface area contributed by atoms with Crippen molar-refractivity contribution in [3.05, 3.63) is 24.4 Å². The number of rotatable bonds is 3. The van der Waals surface area contributed by atoms with Crippen molar-refractivity contribution in [3.8, 4) is 5.88 Å². The second kappa shape index (κ2) is 5.21. The summed E-state index contributed by atoms with van der Waals surface area (Å²) >= 11 is 0. The maximum Gasteiger partial charge on any atom is 0.605 e. The standard InChI is InChI=1S/C10H14NO3/c1-3-13-9-7-5-6-8-11(9)10(12)14-4-2/h5-8H,3-4H2,1-2H3/q+1. The average molecular weight is 196 g/mol. The predicted octanol–water partition coefficient (Wildman–Crippen LogP) is 1.38. The molecule has 76 valence electrons. The van der Waals surface area contributed by atoms with Gasteiger partial charge in [-0.25, -0.2) is 0 Å². The molecule has 0 spiro atoms. The molecule has 0 fully saturated rings. The van der Waals surface area contributed by atoms with Crippen LogP contribution in [0.2, 0.25) is 0 Å². The summed E-state index contributed by atoms with van der Waals surface area (Å²) in [6.45, 7) is 4.50. The van der Waals surface area contributed by atoms with Crippen LogP contribution >= 0.6 is 0 Å². The van der Waals surface area contributed by atoms with Crippen molar-refractivity contribution in [2.45, 2.75) is 13.8 Å². The molecule has 1 rings (SSSR count). The molecule has 1 aromatic rings. The Kier molecular flexibility index (Phi) is 3.91. The van der Waals surface area contributed by atoms with Gasteiger partial charge in [0.05, 0.1) is 19.3 Å². The minimum atomic E-state index is -0.420. The van der Waals surface area contributed by atoms with Gasteiger partial charge in [0.25, 0.3) is 0 Å². The van der Waals surface area contributed by atoms with Gasteiger partial charge in [-0.3, -0.25) is 0 Å². The summed E-state index contributed by atoms with van der Waals surface area (Å²) in [5.41, 5.74) is 0. The molecule has 0 N–H and O–H groups in total. The van der Waals surface area contributed by atoms with Crippen LogP contribution in [0.4, 0.5) is 4.79 Å². The highest BCUT2D eigenvalue weighted by Gasteiger charge is 2.21. The van der Waals surface area contributed by atoms with Gasteiger partial charge in [-0.2, -0.15) is 4.79 Å². The van der Waals surface area contributed by atoms with Gasteiger partial charge in [0, 0.05) is 6.07 Å². The molecule has 4 heteroatoms. The highest BCUT2D eigenvalue weighted by atomic mass is 16.6. The molecular weight excluding hydrogens is 182 g/mol. The van der Waals surface area contributed by atoms with Crippen LogP contribution < -0.4 is 9.30 Å². The van der Waals surface area contributed by atoms with E-state index in [4.69, 9.17) is 9.47 Å². The van der Waals surface area contributed by atoms with Crippen molar-refractivity contribution in [2.75, 3.05) is 13.2 Å². The fraction of sp³-hybridized carbons (Fsp3) is 0.400. The predicted molar refractivity (Wildman–Crippen MR) is 50.2 cm³/mol. The number of pyridine rings is 1. The Bertz CT molecular complexity index is 312. The second-order valence-corrected chi connectivity index (χ2v) is 2.54. The molecule has 14 heavy (non-hydrogen) atoms. The zero-order valence-corrected chi connectivity index (χ0v) is 8.40. The van der Waals surface area contributed by atoms with E-state index in [0.717, 1.165) is 0 Å². The molecule has 0 amide bonds. The molecule has 0 saturated heterocycles. The van der Waals surface area contributed by atoms with Crippen LogP contribution in [0.5, 0.6) is 5.88 Å². The zero-order chi connectivity index (χ0) is 10.4. The highest BCUT2D eigenvalue weighted by Crippen LogP contribution is 2.01. The summed E-state index contributed by atoms with van der Waals surface area (Å²) < 4.78 is 11.5. The van der Waals surface area contributed by atoms with Gasteiger partial charge in [-0.15, -0.1) is 0 Å². The number of hydrogen-bond donors (Lipinski definition) is 0. The fourth-order valence-corrected chi connectivity index (χ4v) is 1.04. The SMILES string of the molecule is CCOC(=O)[n+]1ccccc1OCC. The third-order valence-corrected chi connectivity index (χ3v) is 1.58. The fourth-order valence-electron chi connectivity index (χ4n) is 1.04. The number of hydrogen-bond acceptors (Lipinski definition) is 3. The Morgan fingerprint density at radius 2 is 2.14 bits per heavy atom. The van der Waals surface area contributed by atoms with Crippen molar-refractivity contribution >= 4 is 6.09 Å².